The van der Waals surface area contributed by atoms with Crippen molar-refractivity contribution in [2.75, 3.05) is 0 Å². The monoisotopic (exact) mass is 323 g/mol. The van der Waals surface area contributed by atoms with Crippen molar-refractivity contribution in [3.8, 4) is 0 Å². The van der Waals surface area contributed by atoms with Gasteiger partial charge in [-0.2, -0.15) is 0 Å². The Morgan fingerprint density at radius 1 is 1.17 bits per heavy atom. The predicted octanol–water partition coefficient (Wildman–Crippen LogP) is 3.21. The third kappa shape index (κ3) is 1.86. The molecule has 1 aliphatic carbocycles. The third-order valence-electron chi connectivity index (χ3n) is 3.80. The van der Waals surface area contributed by atoms with E-state index in [0.717, 1.165) is 0 Å². The number of hydrogen-bond acceptors (Lipinski definition) is 0. The Morgan fingerprint density at radius 2 is 1.94 bits per heavy atom. The van der Waals surface area contributed by atoms with Crippen LogP contribution in [0.15, 0.2) is 54.7 Å². The molecule has 0 amide bonds. The second-order valence-corrected chi connectivity index (χ2v) is 5.34. The van der Waals surface area contributed by atoms with E-state index in [0.29, 0.717) is 5.92 Å². The van der Waals surface area contributed by atoms with Gasteiger partial charge in [0.1, 0.15) is 0 Å². The minimum absolute atomic E-state index is 0.0319. The van der Waals surface area contributed by atoms with Crippen LogP contribution in [0.25, 0.3) is 0 Å². The fourth-order valence-corrected chi connectivity index (χ4v) is 3.21. The summed E-state index contributed by atoms with van der Waals surface area (Å²) in [6.07, 6.45) is 6.80. The van der Waals surface area contributed by atoms with E-state index < -0.39 is 0 Å². The van der Waals surface area contributed by atoms with Gasteiger partial charge in [0.15, 0.2) is 0 Å². The first-order valence-corrected chi connectivity index (χ1v) is 7.13. The summed E-state index contributed by atoms with van der Waals surface area (Å²) in [5, 5.41) is 0. The van der Waals surface area contributed by atoms with Crippen LogP contribution >= 0.6 is 0 Å². The molecule has 1 nitrogen and oxygen atoms in total. The number of hydrogen-bond donors (Lipinski definition) is 1. The number of benzene rings is 1. The van der Waals surface area contributed by atoms with Crippen LogP contribution in [0.2, 0.25) is 0 Å². The van der Waals surface area contributed by atoms with Crippen molar-refractivity contribution in [1.82, 2.24) is 4.98 Å². The number of rotatable bonds is 4. The average Bonchev–Trinajstić information content (AvgIpc) is 3.12. The summed E-state index contributed by atoms with van der Waals surface area (Å²) in [7, 11) is 0. The molecule has 1 atom stereocenters. The molecule has 3 rings (SSSR count). The van der Waals surface area contributed by atoms with Gasteiger partial charge in [0.2, 0.25) is 0 Å². The van der Waals surface area contributed by atoms with Gasteiger partial charge in [-0.05, 0) is 0 Å². The quantitative estimate of drug-likeness (QED) is 0.832. The first-order chi connectivity index (χ1) is 8.88. The molecule has 1 aromatic heterocycles. The van der Waals surface area contributed by atoms with Gasteiger partial charge in [0.05, 0.1) is 0 Å². The zero-order valence-electron chi connectivity index (χ0n) is 10.0. The van der Waals surface area contributed by atoms with Gasteiger partial charge in [-0.25, -0.2) is 0 Å². The zero-order valence-corrected chi connectivity index (χ0v) is 11.8. The van der Waals surface area contributed by atoms with Crippen molar-refractivity contribution < 1.29 is 17.9 Å². The Bertz CT molecular complexity index is 562. The summed E-state index contributed by atoms with van der Waals surface area (Å²) < 4.78 is 3.20. The van der Waals surface area contributed by atoms with Crippen LogP contribution in [0.1, 0.15) is 24.1 Å². The Kier molecular flexibility index (Phi) is 3.16. The molecule has 91 valence electrons. The van der Waals surface area contributed by atoms with Crippen molar-refractivity contribution in [2.24, 2.45) is 5.92 Å². The van der Waals surface area contributed by atoms with Crippen molar-refractivity contribution in [3.63, 3.8) is 0 Å². The fourth-order valence-electron chi connectivity index (χ4n) is 2.81. The molecule has 0 bridgehead atoms. The molecular weight excluding hydrogens is 307 g/mol. The Balaban J connectivity index is 2.22. The van der Waals surface area contributed by atoms with Gasteiger partial charge < -0.3 is 0 Å². The minimum atomic E-state index is -0.0319. The van der Waals surface area contributed by atoms with Crippen LogP contribution in [0.5, 0.6) is 0 Å². The molecule has 2 heteroatoms. The molecule has 1 N–H and O–H groups in total. The van der Waals surface area contributed by atoms with Gasteiger partial charge in [-0.3, -0.25) is 0 Å². The summed E-state index contributed by atoms with van der Waals surface area (Å²) >= 11 is 2.50. The average molecular weight is 322 g/mol. The summed E-state index contributed by atoms with van der Waals surface area (Å²) in [5.41, 5.74) is 2.59. The zero-order chi connectivity index (χ0) is 12.4. The Labute approximate surface area is 117 Å². The third-order valence-corrected chi connectivity index (χ3v) is 4.05. The van der Waals surface area contributed by atoms with Crippen LogP contribution in [-0.2, 0) is 23.3 Å². The van der Waals surface area contributed by atoms with Crippen LogP contribution < -0.4 is 0 Å². The summed E-state index contributed by atoms with van der Waals surface area (Å²) in [5.74, 6) is 0.689. The van der Waals surface area contributed by atoms with Gasteiger partial charge in [-0.1, -0.05) is 0 Å². The first kappa shape index (κ1) is 11.8. The molecule has 1 heterocycles. The molecule has 2 aromatic rings. The number of aromatic nitrogens is 1. The molecule has 1 fully saturated rings. The number of aromatic amines is 1. The Morgan fingerprint density at radius 3 is 2.50 bits per heavy atom. The van der Waals surface area contributed by atoms with E-state index in [4.69, 9.17) is 0 Å². The van der Waals surface area contributed by atoms with E-state index >= 15 is 0 Å². The van der Waals surface area contributed by atoms with E-state index in [1.165, 1.54) is 24.1 Å². The van der Waals surface area contributed by atoms with Crippen LogP contribution in [0, 0.1) is 5.92 Å². The second-order valence-electron chi connectivity index (χ2n) is 4.84. The molecule has 0 radical (unpaired) electrons. The van der Waals surface area contributed by atoms with Crippen LogP contribution in [0.4, 0.5) is 0 Å². The van der Waals surface area contributed by atoms with Crippen molar-refractivity contribution in [2.45, 2.75) is 18.3 Å². The molecule has 1 unspecified atom stereocenters. The van der Waals surface area contributed by atoms with E-state index in [1.54, 1.807) is 0 Å². The van der Waals surface area contributed by atoms with E-state index in [-0.39, 0.29) is 5.41 Å². The van der Waals surface area contributed by atoms with Crippen molar-refractivity contribution in [3.05, 3.63) is 66.0 Å². The maximum absolute atomic E-state index is 3.40. The van der Waals surface area contributed by atoms with Gasteiger partial charge in [0, 0.05) is 0 Å². The first-order valence-electron chi connectivity index (χ1n) is 6.26. The predicted molar refractivity (Wildman–Crippen MR) is 70.3 cm³/mol. The van der Waals surface area contributed by atoms with Crippen LogP contribution in [0.3, 0.4) is 0 Å². The molecule has 1 aromatic carbocycles. The molecule has 0 aliphatic heterocycles. The topological polar surface area (TPSA) is 15.8 Å². The Hall–Kier alpha value is -1.23. The molecule has 1 saturated carbocycles. The van der Waals surface area contributed by atoms with Gasteiger partial charge in [-0.15, -0.1) is 0 Å². The summed E-state index contributed by atoms with van der Waals surface area (Å²) in [6, 6.07) is 15.0. The molecular formula is C16H15NRu+. The van der Waals surface area contributed by atoms with Crippen LogP contribution in [-0.4, -0.2) is 9.25 Å². The van der Waals surface area contributed by atoms with E-state index in [1.807, 2.05) is 6.20 Å². The van der Waals surface area contributed by atoms with E-state index in [2.05, 4.69) is 75.6 Å². The molecule has 0 saturated heterocycles. The number of allylic oxidation sites excluding steroid dienone is 1. The fraction of sp³-hybridized carbons (Fsp3) is 0.250. The number of nitrogens with one attached hydrogen (secondary N) is 1. The molecule has 0 spiro atoms. The van der Waals surface area contributed by atoms with Gasteiger partial charge in [0.25, 0.3) is 0 Å². The SMILES string of the molecule is [Ru+]=[C]=CC(c1ccccc1)(c1ccc[nH]1)C1CC1. The van der Waals surface area contributed by atoms with E-state index in [9.17, 15) is 0 Å². The molecule has 1 aliphatic rings. The maximum atomic E-state index is 3.40. The summed E-state index contributed by atoms with van der Waals surface area (Å²) in [4.78, 5) is 3.40. The normalized spacial score (nSPS) is 17.8. The summed E-state index contributed by atoms with van der Waals surface area (Å²) in [6.45, 7) is 0. The van der Waals surface area contributed by atoms with Gasteiger partial charge >= 0.3 is 117 Å². The standard InChI is InChI=1S/C16H15N.Ru/c1-2-16(14-10-11-14,15-9-6-12-17-15)13-7-4-3-5-8-13;/h2-9,12,14,17H,10-11H2;/q;+1. The van der Waals surface area contributed by atoms with Crippen molar-refractivity contribution in [1.29, 1.82) is 0 Å². The molecule has 18 heavy (non-hydrogen) atoms. The van der Waals surface area contributed by atoms with Crippen molar-refractivity contribution >= 4 is 4.26 Å². The number of H-pyrrole nitrogens is 1. The second kappa shape index (κ2) is 4.80.